The SMILES string of the molecule is C[Si](C)C.C[Si](C)C.[Hf].[NH2-]. The molecule has 0 bridgehead atoms. The molecular formula is C6H20HfNSi2-. The van der Waals surface area contributed by atoms with Gasteiger partial charge in [-0.3, -0.25) is 0 Å². The first kappa shape index (κ1) is 22.5. The van der Waals surface area contributed by atoms with Gasteiger partial charge in [0.2, 0.25) is 0 Å². The van der Waals surface area contributed by atoms with E-state index in [0.717, 1.165) is 0 Å². The standard InChI is InChI=1S/2C3H9Si.Hf.H2N/c2*1-4(2)3;;/h2*1-3H3;;1H2/q;;;-1. The molecule has 2 N–H and O–H groups in total. The molecule has 0 spiro atoms. The molecule has 0 aliphatic rings. The van der Waals surface area contributed by atoms with Crippen LogP contribution in [0.15, 0.2) is 0 Å². The molecule has 0 aromatic carbocycles. The molecule has 62 valence electrons. The molecule has 0 atom stereocenters. The van der Waals surface area contributed by atoms with E-state index < -0.39 is 0 Å². The van der Waals surface area contributed by atoms with E-state index in [-0.39, 0.29) is 49.6 Å². The third-order valence-electron chi connectivity index (χ3n) is 0. The molecule has 10 heavy (non-hydrogen) atoms. The van der Waals surface area contributed by atoms with Crippen molar-refractivity contribution in [2.45, 2.75) is 39.3 Å². The van der Waals surface area contributed by atoms with Crippen LogP contribution < -0.4 is 0 Å². The number of nitrogens with two attached hydrogens (primary N) is 1. The van der Waals surface area contributed by atoms with E-state index in [9.17, 15) is 0 Å². The van der Waals surface area contributed by atoms with E-state index in [1.165, 1.54) is 0 Å². The Hall–Kier alpha value is 1.26. The van der Waals surface area contributed by atoms with Crippen molar-refractivity contribution in [3.63, 3.8) is 0 Å². The van der Waals surface area contributed by atoms with Crippen LogP contribution in [0.3, 0.4) is 0 Å². The smallest absolute Gasteiger partial charge is 0.0379 e. The van der Waals surface area contributed by atoms with Crippen molar-refractivity contribution in [3.8, 4) is 0 Å². The number of hydrogen-bond acceptors (Lipinski definition) is 0. The molecule has 0 aromatic heterocycles. The fourth-order valence-electron chi connectivity index (χ4n) is 0. The van der Waals surface area contributed by atoms with E-state index in [1.54, 1.807) is 0 Å². The molecule has 4 heteroatoms. The minimum atomic E-state index is 0. The summed E-state index contributed by atoms with van der Waals surface area (Å²) in [7, 11) is 0.241. The van der Waals surface area contributed by atoms with Crippen LogP contribution in [-0.4, -0.2) is 17.6 Å². The average Bonchev–Trinajstić information content (AvgIpc) is 1.25. The van der Waals surface area contributed by atoms with Crippen molar-refractivity contribution in [1.29, 1.82) is 0 Å². The van der Waals surface area contributed by atoms with E-state index in [2.05, 4.69) is 39.3 Å². The number of hydrogen-bond donors (Lipinski definition) is 0. The van der Waals surface area contributed by atoms with Gasteiger partial charge in [-0.25, -0.2) is 0 Å². The Labute approximate surface area is 88.6 Å². The summed E-state index contributed by atoms with van der Waals surface area (Å²) < 4.78 is 0. The van der Waals surface area contributed by atoms with Crippen LogP contribution in [0.4, 0.5) is 0 Å². The zero-order valence-electron chi connectivity index (χ0n) is 8.08. The number of rotatable bonds is 0. The maximum atomic E-state index is 2.27. The van der Waals surface area contributed by atoms with Gasteiger partial charge in [-0.1, -0.05) is 39.3 Å². The van der Waals surface area contributed by atoms with Crippen LogP contribution in [0.1, 0.15) is 0 Å². The first-order valence-corrected chi connectivity index (χ1v) is 9.00. The Bertz CT molecular complexity index is 31.2. The van der Waals surface area contributed by atoms with Crippen LogP contribution in [0.5, 0.6) is 0 Å². The van der Waals surface area contributed by atoms with Gasteiger partial charge in [-0.15, -0.1) is 0 Å². The molecule has 1 nitrogen and oxygen atoms in total. The second-order valence-corrected chi connectivity index (χ2v) is 9.00. The normalized spacial score (nSPS) is 7.20. The maximum absolute atomic E-state index is 2.27. The Kier molecular flexibility index (Phi) is 37.5. The van der Waals surface area contributed by atoms with Gasteiger partial charge in [0.25, 0.3) is 0 Å². The van der Waals surface area contributed by atoms with Gasteiger partial charge >= 0.3 is 0 Å². The predicted octanol–water partition coefficient (Wildman–Crippen LogP) is 3.46. The van der Waals surface area contributed by atoms with Crippen LogP contribution in [0, 0.1) is 0 Å². The third kappa shape index (κ3) is 396. The van der Waals surface area contributed by atoms with Crippen LogP contribution in [-0.2, 0) is 25.8 Å². The minimum Gasteiger partial charge on any atom is -0.693 e. The van der Waals surface area contributed by atoms with Gasteiger partial charge in [0, 0.05) is 43.4 Å². The van der Waals surface area contributed by atoms with Gasteiger partial charge in [0.1, 0.15) is 0 Å². The molecule has 0 saturated heterocycles. The van der Waals surface area contributed by atoms with E-state index in [4.69, 9.17) is 0 Å². The summed E-state index contributed by atoms with van der Waals surface area (Å²) in [5.74, 6) is 0. The second-order valence-electron chi connectivity index (χ2n) is 3.00. The average molecular weight is 341 g/mol. The van der Waals surface area contributed by atoms with Crippen LogP contribution in [0.25, 0.3) is 6.15 Å². The monoisotopic (exact) mass is 342 g/mol. The molecule has 2 radical (unpaired) electrons. The molecule has 0 aliphatic heterocycles. The zero-order valence-corrected chi connectivity index (χ0v) is 13.7. The van der Waals surface area contributed by atoms with Crippen molar-refractivity contribution in [1.82, 2.24) is 0 Å². The van der Waals surface area contributed by atoms with Crippen LogP contribution in [0.2, 0.25) is 39.3 Å². The van der Waals surface area contributed by atoms with Gasteiger partial charge < -0.3 is 6.15 Å². The van der Waals surface area contributed by atoms with Gasteiger partial charge in [-0.2, -0.15) is 0 Å². The topological polar surface area (TPSA) is 33.5 Å². The molecule has 0 saturated carbocycles. The van der Waals surface area contributed by atoms with Crippen molar-refractivity contribution in [2.24, 2.45) is 0 Å². The first-order valence-electron chi connectivity index (χ1n) is 3.00. The second kappa shape index (κ2) is 16.7. The summed E-state index contributed by atoms with van der Waals surface area (Å²) in [6.45, 7) is 13.6. The van der Waals surface area contributed by atoms with Crippen molar-refractivity contribution in [2.75, 3.05) is 0 Å². The van der Waals surface area contributed by atoms with Gasteiger partial charge in [-0.05, 0) is 0 Å². The van der Waals surface area contributed by atoms with Crippen molar-refractivity contribution < 1.29 is 25.8 Å². The van der Waals surface area contributed by atoms with E-state index in [0.29, 0.717) is 0 Å². The maximum Gasteiger partial charge on any atom is 0.0379 e. The third-order valence-corrected chi connectivity index (χ3v) is 0. The fraction of sp³-hybridized carbons (Fsp3) is 1.00. The molecular weight excluding hydrogens is 321 g/mol. The van der Waals surface area contributed by atoms with Crippen LogP contribution >= 0.6 is 0 Å². The first-order chi connectivity index (χ1) is 3.46. The van der Waals surface area contributed by atoms with Gasteiger partial charge in [0.05, 0.1) is 0 Å². The largest absolute Gasteiger partial charge is 0.693 e. The predicted molar refractivity (Wildman–Crippen MR) is 52.0 cm³/mol. The molecule has 0 fully saturated rings. The zero-order chi connectivity index (χ0) is 7.15. The van der Waals surface area contributed by atoms with Crippen molar-refractivity contribution >= 4 is 17.6 Å². The Balaban J connectivity index is -0.0000000300. The summed E-state index contributed by atoms with van der Waals surface area (Å²) in [4.78, 5) is 0. The molecule has 0 amide bonds. The Morgan fingerprint density at radius 3 is 0.600 bits per heavy atom. The summed E-state index contributed by atoms with van der Waals surface area (Å²) in [5, 5.41) is 0. The quantitative estimate of drug-likeness (QED) is 0.605. The minimum absolute atomic E-state index is 0. The fourth-order valence-corrected chi connectivity index (χ4v) is 0. The Morgan fingerprint density at radius 1 is 0.600 bits per heavy atom. The summed E-state index contributed by atoms with van der Waals surface area (Å²) in [5.41, 5.74) is 0. The van der Waals surface area contributed by atoms with Crippen molar-refractivity contribution in [3.05, 3.63) is 6.15 Å². The summed E-state index contributed by atoms with van der Waals surface area (Å²) in [6, 6.07) is 0. The van der Waals surface area contributed by atoms with E-state index >= 15 is 0 Å². The molecule has 0 aromatic rings. The van der Waals surface area contributed by atoms with E-state index in [1.807, 2.05) is 0 Å². The molecule has 0 rings (SSSR count). The Morgan fingerprint density at radius 2 is 0.600 bits per heavy atom. The summed E-state index contributed by atoms with van der Waals surface area (Å²) in [6.07, 6.45) is 0. The molecule has 0 unspecified atom stereocenters. The molecule has 0 aliphatic carbocycles. The molecule has 0 heterocycles. The summed E-state index contributed by atoms with van der Waals surface area (Å²) >= 11 is 0. The van der Waals surface area contributed by atoms with Gasteiger partial charge in [0.15, 0.2) is 0 Å².